The molecule has 0 bridgehead atoms. The Morgan fingerprint density at radius 3 is 2.42 bits per heavy atom. The molecule has 0 spiro atoms. The number of aliphatic imine (C=N–C) groups is 1. The van der Waals surface area contributed by atoms with Crippen molar-refractivity contribution in [3.05, 3.63) is 81.7 Å². The minimum atomic E-state index is -0.732. The highest BCUT2D eigenvalue weighted by Gasteiger charge is 2.40. The van der Waals surface area contributed by atoms with Gasteiger partial charge >= 0.3 is 6.09 Å². The summed E-state index contributed by atoms with van der Waals surface area (Å²) in [6, 6.07) is 15.1. The van der Waals surface area contributed by atoms with Gasteiger partial charge in [0.2, 0.25) is 12.1 Å². The third-order valence-corrected chi connectivity index (χ3v) is 13.8. The molecule has 17 nitrogen and oxygen atoms in total. The van der Waals surface area contributed by atoms with Gasteiger partial charge in [-0.1, -0.05) is 40.2 Å². The summed E-state index contributed by atoms with van der Waals surface area (Å²) in [6.07, 6.45) is 7.37. The SMILES string of the molecule is CCC.CNCC=O.COC=O.COCCc1ccc(C2Oc3cc(C4CN=C([C@@H]5CCCN5C(=O)C(NC(=O)OC)C(C)C)N4)cc(F)c3-c3cc4cc(-c5cnc(C6CCCN6C)[nH]5)ccc4n32)s1. The molecule has 4 aliphatic rings. The van der Waals surface area contributed by atoms with Gasteiger partial charge in [0, 0.05) is 35.9 Å². The van der Waals surface area contributed by atoms with Crippen molar-refractivity contribution in [3.63, 3.8) is 0 Å². The first-order chi connectivity index (χ1) is 34.4. The molecule has 3 aromatic heterocycles. The highest BCUT2D eigenvalue weighted by Crippen LogP contribution is 2.48. The van der Waals surface area contributed by atoms with Gasteiger partial charge in [0.25, 0.3) is 6.47 Å². The normalized spacial score (nSPS) is 19.3. The summed E-state index contributed by atoms with van der Waals surface area (Å²) in [7, 11) is 8.17. The number of rotatable bonds is 14. The quantitative estimate of drug-likeness (QED) is 0.0790. The number of carbonyl (C=O) groups is 4. The summed E-state index contributed by atoms with van der Waals surface area (Å²) in [5.74, 6) is 1.44. The van der Waals surface area contributed by atoms with Crippen LogP contribution < -0.4 is 20.7 Å². The zero-order valence-corrected chi connectivity index (χ0v) is 43.2. The topological polar surface area (TPSA) is 194 Å². The van der Waals surface area contributed by atoms with Crippen molar-refractivity contribution in [2.45, 2.75) is 96.6 Å². The second kappa shape index (κ2) is 25.8. The molecule has 71 heavy (non-hydrogen) atoms. The van der Waals surface area contributed by atoms with Crippen LogP contribution in [0, 0.1) is 11.7 Å². The number of ether oxygens (including phenoxy) is 4. The highest BCUT2D eigenvalue weighted by molar-refractivity contribution is 7.12. The molecule has 384 valence electrons. The van der Waals surface area contributed by atoms with Crippen LogP contribution in [0.25, 0.3) is 33.4 Å². The van der Waals surface area contributed by atoms with Gasteiger partial charge in [0.15, 0.2) is 0 Å². The molecule has 5 aromatic rings. The Kier molecular flexibility index (Phi) is 19.7. The summed E-state index contributed by atoms with van der Waals surface area (Å²) in [5.41, 5.74) is 4.77. The molecule has 2 aromatic carbocycles. The number of fused-ring (bicyclic) bond motifs is 5. The minimum Gasteiger partial charge on any atom is -0.471 e. The van der Waals surface area contributed by atoms with Crippen LogP contribution in [0.4, 0.5) is 9.18 Å². The third-order valence-electron chi connectivity index (χ3n) is 12.7. The molecule has 0 aliphatic carbocycles. The maximum Gasteiger partial charge on any atom is 0.407 e. The van der Waals surface area contributed by atoms with E-state index in [0.717, 1.165) is 83.5 Å². The molecule has 4 aliphatic heterocycles. The number of hydrogen-bond acceptors (Lipinski definition) is 14. The van der Waals surface area contributed by atoms with Gasteiger partial charge in [-0.3, -0.25) is 24.0 Å². The number of aromatic nitrogens is 3. The molecule has 5 atom stereocenters. The average Bonchev–Trinajstić information content (AvgIpc) is 4.24. The fraction of sp³-hybridized carbons (Fsp3) is 0.500. The predicted molar refractivity (Wildman–Crippen MR) is 274 cm³/mol. The van der Waals surface area contributed by atoms with E-state index in [1.54, 1.807) is 36.5 Å². The molecule has 19 heteroatoms. The van der Waals surface area contributed by atoms with Crippen LogP contribution in [0.5, 0.6) is 5.75 Å². The number of thiophene rings is 1. The number of amides is 2. The number of imidazole rings is 1. The number of aldehydes is 1. The van der Waals surface area contributed by atoms with Crippen molar-refractivity contribution in [3.8, 4) is 28.3 Å². The van der Waals surface area contributed by atoms with Crippen molar-refractivity contribution in [1.82, 2.24) is 40.3 Å². The first-order valence-electron chi connectivity index (χ1n) is 24.3. The minimum absolute atomic E-state index is 0.142. The number of H-pyrrole nitrogens is 1. The van der Waals surface area contributed by atoms with E-state index in [1.807, 2.05) is 26.1 Å². The Morgan fingerprint density at radius 1 is 1.03 bits per heavy atom. The first-order valence-corrected chi connectivity index (χ1v) is 25.2. The Bertz CT molecular complexity index is 2610. The molecule has 0 saturated carbocycles. The lowest BCUT2D eigenvalue weighted by molar-refractivity contribution is -0.134. The van der Waals surface area contributed by atoms with Crippen molar-refractivity contribution in [1.29, 1.82) is 0 Å². The zero-order chi connectivity index (χ0) is 51.2. The first kappa shape index (κ1) is 54.2. The Hall–Kier alpha value is -6.15. The number of likely N-dealkylation sites (N-methyl/N-ethyl adjacent to an activating group) is 1. The van der Waals surface area contributed by atoms with Gasteiger partial charge in [-0.05, 0) is 100 Å². The number of aromatic amines is 1. The van der Waals surface area contributed by atoms with E-state index in [9.17, 15) is 14.4 Å². The standard InChI is InChI=1S/C44H51FN8O5S.C3H7NO.C3H8.C2H4O2/c1-24(2)39(50-44(55)57-5)42(54)52-16-7-9-34(52)41-47-23-31(49-41)26-19-29(45)38-35-20-27-18-25(30-22-46-40(48-30)33-8-6-15-51(33)3)10-12-32(27)53(35)43(58-36(38)21-26)37-13-11-28(59-37)14-17-56-4;1-4-2-3-5;1-3-2;1-4-2-3/h10-13,18-22,24,31,33-34,39,43H,6-9,14-17,23H2,1-5H3,(H,46,48)(H,47,49)(H,50,55);3-4H,2H2,1H3;3H2,1-2H3;2H,1H3/t31?,33?,34-,39?,43?;;;/m0.../s1. The van der Waals surface area contributed by atoms with Crippen LogP contribution in [-0.4, -0.2) is 135 Å². The van der Waals surface area contributed by atoms with E-state index in [4.69, 9.17) is 29.0 Å². The smallest absolute Gasteiger partial charge is 0.407 e. The zero-order valence-electron chi connectivity index (χ0n) is 42.4. The van der Waals surface area contributed by atoms with Crippen molar-refractivity contribution in [2.24, 2.45) is 10.9 Å². The van der Waals surface area contributed by atoms with Crippen LogP contribution in [0.2, 0.25) is 0 Å². The van der Waals surface area contributed by atoms with Crippen LogP contribution in [-0.2, 0) is 35.0 Å². The number of nitrogens with one attached hydrogen (secondary N) is 4. The Morgan fingerprint density at radius 2 is 1.77 bits per heavy atom. The molecule has 9 rings (SSSR count). The second-order valence-corrected chi connectivity index (χ2v) is 19.3. The maximum absolute atomic E-state index is 16.8. The number of halogens is 1. The van der Waals surface area contributed by atoms with E-state index in [2.05, 4.69) is 92.4 Å². The van der Waals surface area contributed by atoms with Gasteiger partial charge in [0.1, 0.15) is 35.6 Å². The number of methoxy groups -OCH3 is 3. The summed E-state index contributed by atoms with van der Waals surface area (Å²) >= 11 is 1.67. The highest BCUT2D eigenvalue weighted by atomic mass is 32.1. The van der Waals surface area contributed by atoms with E-state index in [-0.39, 0.29) is 35.8 Å². The van der Waals surface area contributed by atoms with Gasteiger partial charge in [-0.2, -0.15) is 0 Å². The van der Waals surface area contributed by atoms with Gasteiger partial charge in [0.05, 0.1) is 85.6 Å². The number of hydrogen-bond donors (Lipinski definition) is 4. The lowest BCUT2D eigenvalue weighted by Crippen LogP contribution is -2.54. The van der Waals surface area contributed by atoms with Crippen LogP contribution in [0.3, 0.4) is 0 Å². The van der Waals surface area contributed by atoms with Crippen molar-refractivity contribution < 1.29 is 42.5 Å². The van der Waals surface area contributed by atoms with E-state index in [0.29, 0.717) is 55.4 Å². The lowest BCUT2D eigenvalue weighted by atomic mass is 10.00. The lowest BCUT2D eigenvalue weighted by Gasteiger charge is -2.31. The number of nitrogens with zero attached hydrogens (tertiary/aromatic N) is 5. The summed E-state index contributed by atoms with van der Waals surface area (Å²) in [6.45, 7) is 11.5. The van der Waals surface area contributed by atoms with E-state index >= 15 is 4.39 Å². The van der Waals surface area contributed by atoms with Crippen LogP contribution >= 0.6 is 11.3 Å². The third kappa shape index (κ3) is 12.7. The van der Waals surface area contributed by atoms with Gasteiger partial charge < -0.3 is 49.6 Å². The fourth-order valence-corrected chi connectivity index (χ4v) is 10.3. The summed E-state index contributed by atoms with van der Waals surface area (Å²) in [5, 5.41) is 9.86. The monoisotopic (exact) mass is 1000 g/mol. The second-order valence-electron chi connectivity index (χ2n) is 18.1. The number of benzene rings is 2. The van der Waals surface area contributed by atoms with Gasteiger partial charge in [-0.15, -0.1) is 11.3 Å². The maximum atomic E-state index is 16.8. The summed E-state index contributed by atoms with van der Waals surface area (Å²) in [4.78, 5) is 63.7. The average molecular weight is 1000 g/mol. The Labute approximate surface area is 419 Å². The molecular weight excluding hydrogens is 930 g/mol. The number of alkyl carbamates (subject to hydrolysis) is 1. The molecule has 7 heterocycles. The fourth-order valence-electron chi connectivity index (χ4n) is 9.25. The van der Waals surface area contributed by atoms with Crippen LogP contribution in [0.15, 0.2) is 59.7 Å². The number of amidine groups is 1. The Balaban J connectivity index is 0.000000621. The van der Waals surface area contributed by atoms with Crippen molar-refractivity contribution in [2.75, 3.05) is 68.2 Å². The molecule has 4 unspecified atom stereocenters. The number of likely N-dealkylation sites (tertiary alicyclic amines) is 2. The van der Waals surface area contributed by atoms with Crippen LogP contribution in [0.1, 0.15) is 99.3 Å². The molecule has 2 amide bonds. The molecule has 0 radical (unpaired) electrons. The number of carbonyl (C=O) groups excluding carboxylic acids is 4. The molecule has 2 fully saturated rings. The molecular formula is C52H70FN9O8S. The van der Waals surface area contributed by atoms with Crippen molar-refractivity contribution >= 4 is 52.8 Å². The van der Waals surface area contributed by atoms with Gasteiger partial charge in [-0.25, -0.2) is 14.2 Å². The molecule has 4 N–H and O–H groups in total. The van der Waals surface area contributed by atoms with E-state index in [1.165, 1.54) is 25.5 Å². The largest absolute Gasteiger partial charge is 0.471 e. The molecule has 2 saturated heterocycles. The van der Waals surface area contributed by atoms with E-state index < -0.39 is 18.4 Å². The summed E-state index contributed by atoms with van der Waals surface area (Å²) < 4.78 is 39.8. The predicted octanol–water partition coefficient (Wildman–Crippen LogP) is 7.82.